The lowest BCUT2D eigenvalue weighted by molar-refractivity contribution is 0.322. The molecule has 1 unspecified atom stereocenters. The van der Waals surface area contributed by atoms with E-state index in [9.17, 15) is 0 Å². The van der Waals surface area contributed by atoms with Crippen molar-refractivity contribution in [2.75, 3.05) is 18.0 Å². The maximum atomic E-state index is 4.07. The average Bonchev–Trinajstić information content (AvgIpc) is 2.30. The summed E-state index contributed by atoms with van der Waals surface area (Å²) in [4.78, 5) is 6.56. The number of piperidine rings is 1. The molecule has 2 heteroatoms. The van der Waals surface area contributed by atoms with Gasteiger partial charge >= 0.3 is 0 Å². The number of rotatable bonds is 2. The monoisotopic (exact) mass is 204 g/mol. The van der Waals surface area contributed by atoms with E-state index in [1.54, 1.807) is 0 Å². The van der Waals surface area contributed by atoms with Crippen LogP contribution in [0.2, 0.25) is 0 Å². The van der Waals surface area contributed by atoms with Crippen molar-refractivity contribution in [2.45, 2.75) is 26.7 Å². The minimum atomic E-state index is 0.801. The number of hydrogen-bond donors (Lipinski definition) is 0. The van der Waals surface area contributed by atoms with E-state index >= 15 is 0 Å². The summed E-state index contributed by atoms with van der Waals surface area (Å²) in [6, 6.07) is 4.23. The summed E-state index contributed by atoms with van der Waals surface area (Å²) in [7, 11) is 0. The third-order valence-electron chi connectivity index (χ3n) is 3.43. The van der Waals surface area contributed by atoms with Gasteiger partial charge in [-0.25, -0.2) is 0 Å². The Hall–Kier alpha value is -1.05. The van der Waals surface area contributed by atoms with E-state index in [0.717, 1.165) is 11.8 Å². The fourth-order valence-electron chi connectivity index (χ4n) is 2.34. The van der Waals surface area contributed by atoms with E-state index in [4.69, 9.17) is 0 Å². The maximum absolute atomic E-state index is 4.07. The van der Waals surface area contributed by atoms with Crippen molar-refractivity contribution >= 4 is 5.69 Å². The Bertz CT molecular complexity index is 295. The fraction of sp³-hybridized carbons (Fsp3) is 0.615. The Morgan fingerprint density at radius 2 is 2.07 bits per heavy atom. The third-order valence-corrected chi connectivity index (χ3v) is 3.43. The lowest BCUT2D eigenvalue weighted by Gasteiger charge is -2.36. The van der Waals surface area contributed by atoms with E-state index in [0.29, 0.717) is 0 Å². The molecular weight excluding hydrogens is 184 g/mol. The zero-order chi connectivity index (χ0) is 10.7. The number of nitrogens with zero attached hydrogens (tertiary/aromatic N) is 2. The van der Waals surface area contributed by atoms with Crippen LogP contribution in [0.15, 0.2) is 24.5 Å². The lowest BCUT2D eigenvalue weighted by atomic mass is 9.88. The summed E-state index contributed by atoms with van der Waals surface area (Å²) in [5.74, 6) is 1.65. The molecule has 0 spiro atoms. The van der Waals surface area contributed by atoms with Gasteiger partial charge in [-0.3, -0.25) is 4.98 Å². The van der Waals surface area contributed by atoms with Crippen molar-refractivity contribution < 1.29 is 0 Å². The molecule has 2 heterocycles. The molecule has 1 aliphatic rings. The molecule has 0 saturated carbocycles. The van der Waals surface area contributed by atoms with Crippen LogP contribution in [-0.4, -0.2) is 18.1 Å². The summed E-state index contributed by atoms with van der Waals surface area (Å²) in [5, 5.41) is 0. The molecule has 0 radical (unpaired) electrons. The molecule has 1 atom stereocenters. The molecule has 0 N–H and O–H groups in total. The number of pyridine rings is 1. The Labute approximate surface area is 92.3 Å². The molecule has 1 aliphatic heterocycles. The molecule has 2 nitrogen and oxygen atoms in total. The molecule has 1 aromatic rings. The predicted octanol–water partition coefficient (Wildman–Crippen LogP) is 2.95. The van der Waals surface area contributed by atoms with Crippen molar-refractivity contribution in [3.63, 3.8) is 0 Å². The van der Waals surface area contributed by atoms with Gasteiger partial charge in [-0.1, -0.05) is 13.8 Å². The summed E-state index contributed by atoms with van der Waals surface area (Å²) in [5.41, 5.74) is 1.33. The molecule has 0 bridgehead atoms. The molecule has 1 aromatic heterocycles. The smallest absolute Gasteiger partial charge is 0.0397 e. The molecule has 15 heavy (non-hydrogen) atoms. The van der Waals surface area contributed by atoms with Gasteiger partial charge in [-0.05, 0) is 36.8 Å². The zero-order valence-electron chi connectivity index (χ0n) is 9.69. The quantitative estimate of drug-likeness (QED) is 0.736. The first kappa shape index (κ1) is 10.5. The minimum absolute atomic E-state index is 0.801. The maximum Gasteiger partial charge on any atom is 0.0397 e. The predicted molar refractivity (Wildman–Crippen MR) is 64.0 cm³/mol. The van der Waals surface area contributed by atoms with Crippen molar-refractivity contribution in [2.24, 2.45) is 11.8 Å². The van der Waals surface area contributed by atoms with E-state index in [1.165, 1.54) is 31.6 Å². The molecule has 0 amide bonds. The molecule has 2 rings (SSSR count). The Kier molecular flexibility index (Phi) is 3.24. The molecule has 82 valence electrons. The molecule has 1 saturated heterocycles. The summed E-state index contributed by atoms with van der Waals surface area (Å²) < 4.78 is 0. The van der Waals surface area contributed by atoms with Crippen molar-refractivity contribution in [1.82, 2.24) is 4.98 Å². The van der Waals surface area contributed by atoms with Gasteiger partial charge in [0.15, 0.2) is 0 Å². The van der Waals surface area contributed by atoms with Crippen LogP contribution in [0.25, 0.3) is 0 Å². The van der Waals surface area contributed by atoms with E-state index in [2.05, 4.69) is 35.9 Å². The highest BCUT2D eigenvalue weighted by Gasteiger charge is 2.22. The van der Waals surface area contributed by atoms with Crippen LogP contribution in [-0.2, 0) is 0 Å². The highest BCUT2D eigenvalue weighted by Crippen LogP contribution is 2.26. The van der Waals surface area contributed by atoms with Crippen LogP contribution < -0.4 is 4.90 Å². The topological polar surface area (TPSA) is 16.1 Å². The minimum Gasteiger partial charge on any atom is -0.371 e. The van der Waals surface area contributed by atoms with E-state index in [-0.39, 0.29) is 0 Å². The van der Waals surface area contributed by atoms with Gasteiger partial charge in [0.25, 0.3) is 0 Å². The number of hydrogen-bond acceptors (Lipinski definition) is 2. The highest BCUT2D eigenvalue weighted by molar-refractivity contribution is 5.44. The first-order valence-corrected chi connectivity index (χ1v) is 5.92. The average molecular weight is 204 g/mol. The third kappa shape index (κ3) is 2.49. The second kappa shape index (κ2) is 4.65. The van der Waals surface area contributed by atoms with E-state index in [1.807, 2.05) is 12.4 Å². The van der Waals surface area contributed by atoms with Gasteiger partial charge < -0.3 is 4.90 Å². The van der Waals surface area contributed by atoms with Crippen LogP contribution >= 0.6 is 0 Å². The Morgan fingerprint density at radius 3 is 2.73 bits per heavy atom. The second-order valence-electron chi connectivity index (χ2n) is 4.80. The zero-order valence-corrected chi connectivity index (χ0v) is 9.69. The molecule has 1 fully saturated rings. The number of anilines is 1. The van der Waals surface area contributed by atoms with Crippen LogP contribution in [0, 0.1) is 11.8 Å². The molecule has 0 aliphatic carbocycles. The van der Waals surface area contributed by atoms with Crippen LogP contribution in [0.5, 0.6) is 0 Å². The standard InChI is InChI=1S/C13H20N2/c1-11(2)12-4-3-9-15(10-12)13-5-7-14-8-6-13/h5-8,11-12H,3-4,9-10H2,1-2H3. The first-order valence-electron chi connectivity index (χ1n) is 5.92. The van der Waals surface area contributed by atoms with Crippen molar-refractivity contribution in [1.29, 1.82) is 0 Å². The van der Waals surface area contributed by atoms with Gasteiger partial charge in [0.05, 0.1) is 0 Å². The van der Waals surface area contributed by atoms with Crippen LogP contribution in [0.3, 0.4) is 0 Å². The molecular formula is C13H20N2. The highest BCUT2D eigenvalue weighted by atomic mass is 15.1. The molecule has 0 aromatic carbocycles. The summed E-state index contributed by atoms with van der Waals surface area (Å²) in [6.45, 7) is 7.08. The largest absolute Gasteiger partial charge is 0.371 e. The normalized spacial score (nSPS) is 22.1. The fourth-order valence-corrected chi connectivity index (χ4v) is 2.34. The Balaban J connectivity index is 2.05. The SMILES string of the molecule is CC(C)C1CCCN(c2ccncc2)C1. The van der Waals surface area contributed by atoms with Gasteiger partial charge in [0, 0.05) is 31.2 Å². The van der Waals surface area contributed by atoms with Crippen LogP contribution in [0.1, 0.15) is 26.7 Å². The summed E-state index contributed by atoms with van der Waals surface area (Å²) in [6.07, 6.45) is 6.48. The van der Waals surface area contributed by atoms with Gasteiger partial charge in [0.1, 0.15) is 0 Å². The summed E-state index contributed by atoms with van der Waals surface area (Å²) >= 11 is 0. The Morgan fingerprint density at radius 1 is 1.33 bits per heavy atom. The van der Waals surface area contributed by atoms with E-state index < -0.39 is 0 Å². The van der Waals surface area contributed by atoms with Gasteiger partial charge in [0.2, 0.25) is 0 Å². The second-order valence-corrected chi connectivity index (χ2v) is 4.80. The van der Waals surface area contributed by atoms with Gasteiger partial charge in [-0.15, -0.1) is 0 Å². The van der Waals surface area contributed by atoms with Crippen molar-refractivity contribution in [3.05, 3.63) is 24.5 Å². The number of aromatic nitrogens is 1. The van der Waals surface area contributed by atoms with Gasteiger partial charge in [-0.2, -0.15) is 0 Å². The lowest BCUT2D eigenvalue weighted by Crippen LogP contribution is -2.37. The first-order chi connectivity index (χ1) is 7.27. The van der Waals surface area contributed by atoms with Crippen molar-refractivity contribution in [3.8, 4) is 0 Å². The van der Waals surface area contributed by atoms with Crippen LogP contribution in [0.4, 0.5) is 5.69 Å².